The maximum absolute atomic E-state index is 13.5. The summed E-state index contributed by atoms with van der Waals surface area (Å²) in [4.78, 5) is 24.6. The molecule has 1 fully saturated rings. The third-order valence-electron chi connectivity index (χ3n) is 5.66. The molecule has 0 atom stereocenters. The summed E-state index contributed by atoms with van der Waals surface area (Å²) in [5.41, 5.74) is -0.102. The molecule has 13 heteroatoms. The number of nitrogens with zero attached hydrogens (tertiary/aromatic N) is 1. The van der Waals surface area contributed by atoms with Crippen LogP contribution in [0.1, 0.15) is 26.2 Å². The van der Waals surface area contributed by atoms with Crippen molar-refractivity contribution >= 4 is 31.7 Å². The molecule has 1 amide bonds. The number of nitrogens with one attached hydrogen (secondary N) is 1. The molecule has 3 rings (SSSR count). The van der Waals surface area contributed by atoms with Crippen LogP contribution in [0.5, 0.6) is 11.5 Å². The zero-order valence-corrected chi connectivity index (χ0v) is 20.8. The Morgan fingerprint density at radius 3 is 1.89 bits per heavy atom. The lowest BCUT2D eigenvalue weighted by Gasteiger charge is -2.46. The van der Waals surface area contributed by atoms with Crippen molar-refractivity contribution < 1.29 is 41.1 Å². The Balaban J connectivity index is 1.88. The van der Waals surface area contributed by atoms with E-state index in [0.29, 0.717) is 12.2 Å². The number of sulfonamides is 1. The van der Waals surface area contributed by atoms with E-state index in [9.17, 15) is 31.6 Å². The van der Waals surface area contributed by atoms with Crippen LogP contribution in [0.3, 0.4) is 0 Å². The minimum absolute atomic E-state index is 0.0309. The molecule has 1 aliphatic carbocycles. The Labute approximate surface area is 203 Å². The SMILES string of the molecule is CCOC(=O)CN(C1(C(=O)NO)CCC1)S(=O)(=O)c1ccc(Oc2ccc(S(C)(=O)=O)cc2)cc1. The molecule has 0 unspecified atom stereocenters. The fourth-order valence-corrected chi connectivity index (χ4v) is 6.06. The van der Waals surface area contributed by atoms with Gasteiger partial charge in [0.05, 0.1) is 16.4 Å². The van der Waals surface area contributed by atoms with Gasteiger partial charge in [0.1, 0.15) is 23.6 Å². The smallest absolute Gasteiger partial charge is 0.321 e. The Bertz CT molecular complexity index is 1290. The highest BCUT2D eigenvalue weighted by Crippen LogP contribution is 2.41. The first kappa shape index (κ1) is 26.6. The quantitative estimate of drug-likeness (QED) is 0.268. The average molecular weight is 527 g/mol. The van der Waals surface area contributed by atoms with Crippen molar-refractivity contribution in [3.8, 4) is 11.5 Å². The summed E-state index contributed by atoms with van der Waals surface area (Å²) in [6.45, 7) is 0.904. The highest BCUT2D eigenvalue weighted by molar-refractivity contribution is 7.90. The van der Waals surface area contributed by atoms with Gasteiger partial charge in [0.15, 0.2) is 9.84 Å². The Kier molecular flexibility index (Phi) is 7.84. The van der Waals surface area contributed by atoms with E-state index >= 15 is 0 Å². The number of hydroxylamine groups is 1. The second-order valence-corrected chi connectivity index (χ2v) is 11.8. The molecule has 2 aromatic rings. The van der Waals surface area contributed by atoms with Gasteiger partial charge in [-0.25, -0.2) is 22.3 Å². The molecule has 0 aliphatic heterocycles. The van der Waals surface area contributed by atoms with E-state index in [-0.39, 0.29) is 35.0 Å². The Hall–Kier alpha value is -3.00. The van der Waals surface area contributed by atoms with Crippen molar-refractivity contribution in [2.45, 2.75) is 41.5 Å². The van der Waals surface area contributed by atoms with E-state index in [0.717, 1.165) is 10.6 Å². The van der Waals surface area contributed by atoms with E-state index in [4.69, 9.17) is 9.47 Å². The normalized spacial score (nSPS) is 15.2. The van der Waals surface area contributed by atoms with Crippen LogP contribution in [0.15, 0.2) is 58.3 Å². The van der Waals surface area contributed by atoms with Crippen LogP contribution in [-0.2, 0) is 34.2 Å². The lowest BCUT2D eigenvalue weighted by molar-refractivity contribution is -0.150. The topological polar surface area (TPSA) is 156 Å². The van der Waals surface area contributed by atoms with Crippen LogP contribution in [0, 0.1) is 0 Å². The zero-order valence-electron chi connectivity index (χ0n) is 19.1. The summed E-state index contributed by atoms with van der Waals surface area (Å²) in [6, 6.07) is 11.0. The van der Waals surface area contributed by atoms with Crippen molar-refractivity contribution in [3.63, 3.8) is 0 Å². The van der Waals surface area contributed by atoms with Gasteiger partial charge in [-0.3, -0.25) is 14.8 Å². The lowest BCUT2D eigenvalue weighted by Crippen LogP contribution is -2.65. The fourth-order valence-electron chi connectivity index (χ4n) is 3.69. The molecule has 35 heavy (non-hydrogen) atoms. The molecule has 0 aromatic heterocycles. The highest BCUT2D eigenvalue weighted by Gasteiger charge is 2.54. The number of ether oxygens (including phenoxy) is 2. The van der Waals surface area contributed by atoms with Crippen LogP contribution < -0.4 is 10.2 Å². The van der Waals surface area contributed by atoms with Gasteiger partial charge in [-0.1, -0.05) is 0 Å². The molecule has 190 valence electrons. The number of sulfone groups is 1. The summed E-state index contributed by atoms with van der Waals surface area (Å²) >= 11 is 0. The molecule has 1 aliphatic rings. The van der Waals surface area contributed by atoms with Crippen LogP contribution in [-0.4, -0.2) is 63.2 Å². The van der Waals surface area contributed by atoms with Crippen LogP contribution in [0.4, 0.5) is 0 Å². The molecule has 0 saturated heterocycles. The second-order valence-electron chi connectivity index (χ2n) is 7.96. The molecule has 2 N–H and O–H groups in total. The van der Waals surface area contributed by atoms with E-state index in [1.165, 1.54) is 54.0 Å². The molecule has 2 aromatic carbocycles. The van der Waals surface area contributed by atoms with Crippen LogP contribution >= 0.6 is 0 Å². The third kappa shape index (κ3) is 5.64. The van der Waals surface area contributed by atoms with E-state index in [1.54, 1.807) is 6.92 Å². The minimum Gasteiger partial charge on any atom is -0.465 e. The van der Waals surface area contributed by atoms with Crippen molar-refractivity contribution in [2.75, 3.05) is 19.4 Å². The molecule has 11 nitrogen and oxygen atoms in total. The van der Waals surface area contributed by atoms with Gasteiger partial charge >= 0.3 is 5.97 Å². The van der Waals surface area contributed by atoms with Crippen LogP contribution in [0.25, 0.3) is 0 Å². The maximum atomic E-state index is 13.5. The van der Waals surface area contributed by atoms with Gasteiger partial charge in [0.25, 0.3) is 5.91 Å². The first-order valence-electron chi connectivity index (χ1n) is 10.6. The number of rotatable bonds is 10. The predicted molar refractivity (Wildman–Crippen MR) is 123 cm³/mol. The molecular weight excluding hydrogens is 500 g/mol. The van der Waals surface area contributed by atoms with Gasteiger partial charge in [-0.2, -0.15) is 4.31 Å². The monoisotopic (exact) mass is 526 g/mol. The molecule has 0 spiro atoms. The number of amides is 1. The highest BCUT2D eigenvalue weighted by atomic mass is 32.2. The van der Waals surface area contributed by atoms with Gasteiger partial charge in [-0.15, -0.1) is 0 Å². The summed E-state index contributed by atoms with van der Waals surface area (Å²) < 4.78 is 61.5. The van der Waals surface area contributed by atoms with Crippen molar-refractivity contribution in [1.29, 1.82) is 0 Å². The molecule has 0 radical (unpaired) electrons. The van der Waals surface area contributed by atoms with Gasteiger partial charge < -0.3 is 9.47 Å². The van der Waals surface area contributed by atoms with Crippen molar-refractivity contribution in [1.82, 2.24) is 9.79 Å². The maximum Gasteiger partial charge on any atom is 0.321 e. The van der Waals surface area contributed by atoms with E-state index < -0.39 is 43.8 Å². The standard InChI is InChI=1S/C22H26N2O9S2/c1-3-32-20(25)15-24(22(13-4-14-22)21(26)23-27)35(30,31)19-11-7-17(8-12-19)33-16-5-9-18(10-6-16)34(2,28)29/h5-12,27H,3-4,13-15H2,1-2H3,(H,23,26). The molecular formula is C22H26N2O9S2. The summed E-state index contributed by atoms with van der Waals surface area (Å²) in [6.07, 6.45) is 1.88. The first-order valence-corrected chi connectivity index (χ1v) is 14.0. The lowest BCUT2D eigenvalue weighted by atomic mass is 9.76. The van der Waals surface area contributed by atoms with Crippen molar-refractivity contribution in [2.24, 2.45) is 0 Å². The second kappa shape index (κ2) is 10.3. The Morgan fingerprint density at radius 1 is 0.971 bits per heavy atom. The number of carbonyl (C=O) groups excluding carboxylic acids is 2. The predicted octanol–water partition coefficient (Wildman–Crippen LogP) is 1.86. The zero-order chi connectivity index (χ0) is 25.9. The number of esters is 1. The molecule has 0 heterocycles. The average Bonchev–Trinajstić information content (AvgIpc) is 2.78. The molecule has 0 bridgehead atoms. The largest absolute Gasteiger partial charge is 0.465 e. The van der Waals surface area contributed by atoms with Crippen molar-refractivity contribution in [3.05, 3.63) is 48.5 Å². The minimum atomic E-state index is -4.36. The Morgan fingerprint density at radius 2 is 1.49 bits per heavy atom. The van der Waals surface area contributed by atoms with E-state index in [2.05, 4.69) is 0 Å². The summed E-state index contributed by atoms with van der Waals surface area (Å²) in [5, 5.41) is 9.21. The van der Waals surface area contributed by atoms with Gasteiger partial charge in [0.2, 0.25) is 10.0 Å². The fraction of sp³-hybridized carbons (Fsp3) is 0.364. The number of hydrogen-bond donors (Lipinski definition) is 2. The van der Waals surface area contributed by atoms with Gasteiger partial charge in [-0.05, 0) is 74.7 Å². The number of hydrogen-bond acceptors (Lipinski definition) is 9. The summed E-state index contributed by atoms with van der Waals surface area (Å²) in [5.74, 6) is -1.14. The number of benzene rings is 2. The third-order valence-corrected chi connectivity index (χ3v) is 8.71. The van der Waals surface area contributed by atoms with Crippen LogP contribution in [0.2, 0.25) is 0 Å². The first-order chi connectivity index (χ1) is 16.4. The van der Waals surface area contributed by atoms with Gasteiger partial charge in [0, 0.05) is 6.26 Å². The summed E-state index contributed by atoms with van der Waals surface area (Å²) in [7, 11) is -7.72. The van der Waals surface area contributed by atoms with E-state index in [1.807, 2.05) is 0 Å². The number of carbonyl (C=O) groups is 2. The molecule has 1 saturated carbocycles.